The number of fused-ring (bicyclic) bond motifs is 1. The van der Waals surface area contributed by atoms with E-state index in [4.69, 9.17) is 25.4 Å². The molecule has 0 radical (unpaired) electrons. The molecule has 0 saturated heterocycles. The first kappa shape index (κ1) is 33.2. The van der Waals surface area contributed by atoms with Crippen molar-refractivity contribution in [1.29, 1.82) is 0 Å². The topological polar surface area (TPSA) is 96.7 Å². The molecule has 0 bridgehead atoms. The summed E-state index contributed by atoms with van der Waals surface area (Å²) in [6, 6.07) is 8.32. The second-order valence-corrected chi connectivity index (χ2v) is 13.5. The number of aliphatic hydroxyl groups is 1. The third kappa shape index (κ3) is 7.51. The van der Waals surface area contributed by atoms with Gasteiger partial charge in [0.15, 0.2) is 5.58 Å². The van der Waals surface area contributed by atoms with Gasteiger partial charge in [0.25, 0.3) is 0 Å². The van der Waals surface area contributed by atoms with Crippen LogP contribution in [0.4, 0.5) is 4.39 Å². The fourth-order valence-corrected chi connectivity index (χ4v) is 5.16. The Labute approximate surface area is 263 Å². The van der Waals surface area contributed by atoms with Crippen molar-refractivity contribution in [1.82, 2.24) is 4.98 Å². The zero-order valence-electron chi connectivity index (χ0n) is 26.4. The van der Waals surface area contributed by atoms with Gasteiger partial charge in [0.2, 0.25) is 0 Å². The van der Waals surface area contributed by atoms with E-state index >= 15 is 0 Å². The number of hydrogen-bond acceptors (Lipinski definition) is 5. The van der Waals surface area contributed by atoms with Gasteiger partial charge in [0, 0.05) is 22.8 Å². The maximum absolute atomic E-state index is 14.3. The highest BCUT2D eigenvalue weighted by Crippen LogP contribution is 2.40. The van der Waals surface area contributed by atoms with E-state index in [0.717, 1.165) is 17.6 Å². The maximum Gasteiger partial charge on any atom is 0.339 e. The number of furan rings is 2. The second kappa shape index (κ2) is 13.1. The fraction of sp³-hybridized carbons (Fsp3) is 0.389. The Morgan fingerprint density at radius 1 is 1.14 bits per heavy atom. The van der Waals surface area contributed by atoms with Gasteiger partial charge in [-0.3, -0.25) is 0 Å². The van der Waals surface area contributed by atoms with Crippen molar-refractivity contribution >= 4 is 34.7 Å². The first-order valence-corrected chi connectivity index (χ1v) is 15.2. The summed E-state index contributed by atoms with van der Waals surface area (Å²) in [7, 11) is 0. The normalized spacial score (nSPS) is 13.7. The summed E-state index contributed by atoms with van der Waals surface area (Å²) >= 11 is 5.92. The number of halogens is 2. The molecule has 3 aromatic heterocycles. The van der Waals surface area contributed by atoms with Gasteiger partial charge in [0.1, 0.15) is 40.8 Å². The minimum Gasteiger partial charge on any atom is -0.478 e. The van der Waals surface area contributed by atoms with Crippen LogP contribution in [0.1, 0.15) is 106 Å². The van der Waals surface area contributed by atoms with E-state index in [0.29, 0.717) is 58.7 Å². The molecule has 4 rings (SSSR count). The molecule has 0 spiro atoms. The van der Waals surface area contributed by atoms with E-state index < -0.39 is 17.9 Å². The molecular weight excluding hydrogens is 581 g/mol. The van der Waals surface area contributed by atoms with Crippen LogP contribution in [0.5, 0.6) is 0 Å². The number of carboxylic acids is 1. The van der Waals surface area contributed by atoms with Crippen LogP contribution < -0.4 is 0 Å². The highest BCUT2D eigenvalue weighted by molar-refractivity contribution is 6.30. The molecule has 0 amide bonds. The van der Waals surface area contributed by atoms with Crippen molar-refractivity contribution in [2.24, 2.45) is 5.41 Å². The lowest BCUT2D eigenvalue weighted by molar-refractivity contribution is 0.0695. The van der Waals surface area contributed by atoms with Crippen molar-refractivity contribution in [2.75, 3.05) is 0 Å². The van der Waals surface area contributed by atoms with Gasteiger partial charge in [-0.15, -0.1) is 0 Å². The summed E-state index contributed by atoms with van der Waals surface area (Å²) in [5, 5.41) is 21.0. The van der Waals surface area contributed by atoms with Crippen molar-refractivity contribution in [3.8, 4) is 11.3 Å². The number of aliphatic hydroxyl groups excluding tert-OH is 1. The Bertz CT molecular complexity index is 1720. The van der Waals surface area contributed by atoms with E-state index in [-0.39, 0.29) is 21.4 Å². The lowest BCUT2D eigenvalue weighted by Crippen LogP contribution is -2.14. The van der Waals surface area contributed by atoms with Crippen LogP contribution in [0, 0.1) is 18.2 Å². The average Bonchev–Trinajstić information content (AvgIpc) is 3.55. The van der Waals surface area contributed by atoms with Gasteiger partial charge >= 0.3 is 5.97 Å². The Kier molecular flexibility index (Phi) is 9.91. The third-order valence-electron chi connectivity index (χ3n) is 8.10. The van der Waals surface area contributed by atoms with Crippen LogP contribution in [-0.2, 0) is 5.41 Å². The minimum absolute atomic E-state index is 0.0478. The lowest BCUT2D eigenvalue weighted by atomic mass is 9.81. The Hall–Kier alpha value is -3.68. The zero-order valence-corrected chi connectivity index (χ0v) is 27.2. The number of pyridine rings is 1. The van der Waals surface area contributed by atoms with Crippen LogP contribution in [-0.4, -0.2) is 21.2 Å². The summed E-state index contributed by atoms with van der Waals surface area (Å²) in [4.78, 5) is 16.1. The highest BCUT2D eigenvalue weighted by Gasteiger charge is 2.28. The molecule has 0 saturated carbocycles. The molecule has 0 aliphatic carbocycles. The SMILES string of the molecule is CCC(C)(C)C/C(=C/CC/C=C/c1occ(C(=O)O)c1C)C(O)c1cc2nc(-c3ccc(Cl)c(F)c3)cc(C(C)(C)C)c2o1. The van der Waals surface area contributed by atoms with Crippen LogP contribution in [0.2, 0.25) is 5.02 Å². The molecule has 1 unspecified atom stereocenters. The van der Waals surface area contributed by atoms with Crippen molar-refractivity contribution in [2.45, 2.75) is 85.7 Å². The average molecular weight is 622 g/mol. The first-order chi connectivity index (χ1) is 20.6. The number of carbonyl (C=O) groups is 1. The Morgan fingerprint density at radius 3 is 2.48 bits per heavy atom. The van der Waals surface area contributed by atoms with Gasteiger partial charge in [-0.1, -0.05) is 77.8 Å². The molecule has 44 heavy (non-hydrogen) atoms. The molecule has 234 valence electrons. The van der Waals surface area contributed by atoms with Crippen LogP contribution in [0.15, 0.2) is 63.2 Å². The second-order valence-electron chi connectivity index (χ2n) is 13.1. The number of unbranched alkanes of at least 4 members (excludes halogenated alkanes) is 1. The van der Waals surface area contributed by atoms with Gasteiger partial charge in [-0.05, 0) is 66.9 Å². The molecule has 3 heterocycles. The van der Waals surface area contributed by atoms with Crippen LogP contribution >= 0.6 is 11.6 Å². The van der Waals surface area contributed by atoms with E-state index in [2.05, 4.69) is 47.6 Å². The molecular formula is C36H41ClFNO5. The third-order valence-corrected chi connectivity index (χ3v) is 8.41. The lowest BCUT2D eigenvalue weighted by Gasteiger charge is -2.26. The molecule has 1 atom stereocenters. The standard InChI is InChI=1S/C36H41ClFNO5/c1-8-36(6,7)19-23(12-10-9-11-13-30-21(2)24(20-43-30)34(41)42)32(40)31-18-29-33(44-31)25(35(3,4)5)17-28(39-29)22-14-15-26(37)27(38)16-22/h11-18,20,32,40H,8-10,19H2,1-7H3,(H,41,42)/b13-11+,23-12-. The van der Waals surface area contributed by atoms with E-state index in [1.54, 1.807) is 25.1 Å². The Morgan fingerprint density at radius 2 is 1.86 bits per heavy atom. The zero-order chi connectivity index (χ0) is 32.4. The smallest absolute Gasteiger partial charge is 0.339 e. The Balaban J connectivity index is 1.66. The largest absolute Gasteiger partial charge is 0.478 e. The van der Waals surface area contributed by atoms with Crippen LogP contribution in [0.3, 0.4) is 0 Å². The van der Waals surface area contributed by atoms with E-state index in [1.807, 2.05) is 12.1 Å². The molecule has 0 aliphatic heterocycles. The monoisotopic (exact) mass is 621 g/mol. The number of aromatic carboxylic acids is 1. The molecule has 1 aromatic carbocycles. The minimum atomic E-state index is -1.02. The predicted octanol–water partition coefficient (Wildman–Crippen LogP) is 10.5. The van der Waals surface area contributed by atoms with Crippen molar-refractivity contribution < 1.29 is 28.2 Å². The predicted molar refractivity (Wildman–Crippen MR) is 174 cm³/mol. The quantitative estimate of drug-likeness (QED) is 0.128. The summed E-state index contributed by atoms with van der Waals surface area (Å²) in [5.74, 6) is -0.613. The van der Waals surface area contributed by atoms with Gasteiger partial charge in [0.05, 0.1) is 10.7 Å². The summed E-state index contributed by atoms with van der Waals surface area (Å²) in [6.07, 6.45) is 8.97. The van der Waals surface area contributed by atoms with Gasteiger partial charge in [-0.25, -0.2) is 14.2 Å². The summed E-state index contributed by atoms with van der Waals surface area (Å²) in [6.45, 7) is 14.4. The molecule has 0 aliphatic rings. The molecule has 4 aromatic rings. The molecule has 6 nitrogen and oxygen atoms in total. The van der Waals surface area contributed by atoms with E-state index in [1.165, 1.54) is 18.4 Å². The van der Waals surface area contributed by atoms with Crippen molar-refractivity contribution in [3.63, 3.8) is 0 Å². The number of nitrogens with zero attached hydrogens (tertiary/aromatic N) is 1. The van der Waals surface area contributed by atoms with Gasteiger partial charge in [-0.2, -0.15) is 0 Å². The molecule has 8 heteroatoms. The number of rotatable bonds is 11. The van der Waals surface area contributed by atoms with Crippen molar-refractivity contribution in [3.05, 3.63) is 93.4 Å². The first-order valence-electron chi connectivity index (χ1n) is 14.9. The number of allylic oxidation sites excluding steroid dienone is 2. The van der Waals surface area contributed by atoms with E-state index in [9.17, 15) is 19.4 Å². The summed E-state index contributed by atoms with van der Waals surface area (Å²) in [5.41, 5.74) is 4.50. The maximum atomic E-state index is 14.3. The number of hydrogen-bond donors (Lipinski definition) is 2. The fourth-order valence-electron chi connectivity index (χ4n) is 5.04. The number of carboxylic acid groups (broad SMARTS) is 1. The van der Waals surface area contributed by atoms with Crippen LogP contribution in [0.25, 0.3) is 28.4 Å². The number of aromatic nitrogens is 1. The number of benzene rings is 1. The van der Waals surface area contributed by atoms with Gasteiger partial charge < -0.3 is 19.0 Å². The molecule has 2 N–H and O–H groups in total. The highest BCUT2D eigenvalue weighted by atomic mass is 35.5. The summed E-state index contributed by atoms with van der Waals surface area (Å²) < 4.78 is 26.1. The molecule has 0 fully saturated rings.